The molecule has 0 aromatic rings. The number of rotatable bonds is 3. The Hall–Kier alpha value is -0.620. The van der Waals surface area contributed by atoms with Gasteiger partial charge in [0.2, 0.25) is 5.54 Å². The SMILES string of the molecule is CC(C)(C)OC(=O)[C@](N)(CBr)C(=O)O. The molecule has 0 spiro atoms. The van der Waals surface area contributed by atoms with Crippen LogP contribution in [-0.2, 0) is 14.3 Å². The van der Waals surface area contributed by atoms with Gasteiger partial charge in [-0.2, -0.15) is 0 Å². The molecule has 0 rings (SSSR count). The number of esters is 1. The molecule has 0 radical (unpaired) electrons. The van der Waals surface area contributed by atoms with Crippen molar-refractivity contribution in [1.82, 2.24) is 0 Å². The summed E-state index contributed by atoms with van der Waals surface area (Å²) in [6.45, 7) is 4.92. The quantitative estimate of drug-likeness (QED) is 0.442. The summed E-state index contributed by atoms with van der Waals surface area (Å²) in [5.41, 5.74) is 2.60. The zero-order chi connectivity index (χ0) is 11.6. The molecule has 0 aromatic carbocycles. The summed E-state index contributed by atoms with van der Waals surface area (Å²) in [5, 5.41) is 8.55. The molecule has 0 aromatic heterocycles. The fraction of sp³-hybridized carbons (Fsp3) is 0.750. The maximum Gasteiger partial charge on any atom is 0.339 e. The first-order valence-electron chi connectivity index (χ1n) is 3.95. The van der Waals surface area contributed by atoms with Gasteiger partial charge < -0.3 is 15.6 Å². The molecule has 0 unspecified atom stereocenters. The van der Waals surface area contributed by atoms with E-state index in [2.05, 4.69) is 15.9 Å². The van der Waals surface area contributed by atoms with E-state index in [1.807, 2.05) is 0 Å². The van der Waals surface area contributed by atoms with Crippen molar-refractivity contribution in [1.29, 1.82) is 0 Å². The average molecular weight is 268 g/mol. The lowest BCUT2D eigenvalue weighted by Crippen LogP contribution is -2.58. The molecule has 0 saturated heterocycles. The Bertz CT molecular complexity index is 248. The van der Waals surface area contributed by atoms with E-state index in [1.165, 1.54) is 0 Å². The Labute approximate surface area is 90.7 Å². The van der Waals surface area contributed by atoms with Crippen molar-refractivity contribution in [2.24, 2.45) is 5.73 Å². The first-order chi connectivity index (χ1) is 6.13. The normalized spacial score (nSPS) is 15.8. The number of halogens is 1. The third-order valence-electron chi connectivity index (χ3n) is 1.36. The van der Waals surface area contributed by atoms with Gasteiger partial charge in [-0.1, -0.05) is 15.9 Å². The van der Waals surface area contributed by atoms with Crippen LogP contribution in [0.2, 0.25) is 0 Å². The zero-order valence-corrected chi connectivity index (χ0v) is 9.92. The Morgan fingerprint density at radius 2 is 1.86 bits per heavy atom. The smallest absolute Gasteiger partial charge is 0.339 e. The molecule has 1 atom stereocenters. The number of nitrogens with two attached hydrogens (primary N) is 1. The van der Waals surface area contributed by atoms with Crippen LogP contribution in [-0.4, -0.2) is 33.5 Å². The minimum absolute atomic E-state index is 0.190. The minimum atomic E-state index is -2.02. The summed E-state index contributed by atoms with van der Waals surface area (Å²) in [7, 11) is 0. The van der Waals surface area contributed by atoms with Crippen molar-refractivity contribution < 1.29 is 19.4 Å². The topological polar surface area (TPSA) is 89.6 Å². The lowest BCUT2D eigenvalue weighted by atomic mass is 10.0. The molecule has 5 nitrogen and oxygen atoms in total. The average Bonchev–Trinajstić information content (AvgIpc) is 1.99. The predicted octanol–water partition coefficient (Wildman–Crippen LogP) is 0.505. The van der Waals surface area contributed by atoms with Crippen molar-refractivity contribution in [2.75, 3.05) is 5.33 Å². The van der Waals surface area contributed by atoms with Crippen molar-refractivity contribution in [3.8, 4) is 0 Å². The maximum absolute atomic E-state index is 11.4. The summed E-state index contributed by atoms with van der Waals surface area (Å²) in [5.74, 6) is -2.36. The van der Waals surface area contributed by atoms with Gasteiger partial charge in [-0.3, -0.25) is 0 Å². The summed E-state index contributed by atoms with van der Waals surface area (Å²) < 4.78 is 4.88. The summed E-state index contributed by atoms with van der Waals surface area (Å²) >= 11 is 2.87. The van der Waals surface area contributed by atoms with Gasteiger partial charge in [0.15, 0.2) is 0 Å². The van der Waals surface area contributed by atoms with Crippen LogP contribution >= 0.6 is 15.9 Å². The van der Waals surface area contributed by atoms with Gasteiger partial charge in [0.25, 0.3) is 0 Å². The third kappa shape index (κ3) is 3.26. The van der Waals surface area contributed by atoms with E-state index in [0.717, 1.165) is 0 Å². The Morgan fingerprint density at radius 3 is 2.07 bits per heavy atom. The predicted molar refractivity (Wildman–Crippen MR) is 54.2 cm³/mol. The number of aliphatic carboxylic acids is 1. The lowest BCUT2D eigenvalue weighted by molar-refractivity contribution is -0.167. The molecule has 0 bridgehead atoms. The van der Waals surface area contributed by atoms with Crippen molar-refractivity contribution in [3.05, 3.63) is 0 Å². The van der Waals surface area contributed by atoms with Crippen LogP contribution in [0.15, 0.2) is 0 Å². The zero-order valence-electron chi connectivity index (χ0n) is 8.33. The molecule has 3 N–H and O–H groups in total. The van der Waals surface area contributed by atoms with Crippen LogP contribution in [0.5, 0.6) is 0 Å². The van der Waals surface area contributed by atoms with Gasteiger partial charge in [-0.05, 0) is 20.8 Å². The molecular weight excluding hydrogens is 254 g/mol. The number of carboxylic acid groups (broad SMARTS) is 1. The fourth-order valence-corrected chi connectivity index (χ4v) is 1.04. The van der Waals surface area contributed by atoms with E-state index in [9.17, 15) is 9.59 Å². The molecule has 14 heavy (non-hydrogen) atoms. The lowest BCUT2D eigenvalue weighted by Gasteiger charge is -2.26. The molecule has 82 valence electrons. The highest BCUT2D eigenvalue weighted by atomic mass is 79.9. The number of alkyl halides is 1. The van der Waals surface area contributed by atoms with Crippen LogP contribution in [0.25, 0.3) is 0 Å². The fourth-order valence-electron chi connectivity index (χ4n) is 0.568. The second-order valence-electron chi connectivity index (χ2n) is 3.91. The van der Waals surface area contributed by atoms with Crippen LogP contribution in [0.4, 0.5) is 0 Å². The number of ether oxygens (including phenoxy) is 1. The molecular formula is C8H14BrNO4. The Balaban J connectivity index is 4.73. The van der Waals surface area contributed by atoms with E-state index < -0.39 is 23.1 Å². The summed E-state index contributed by atoms with van der Waals surface area (Å²) in [6.07, 6.45) is 0. The number of carbonyl (C=O) groups excluding carboxylic acids is 1. The molecule has 0 amide bonds. The molecule has 0 aliphatic heterocycles. The van der Waals surface area contributed by atoms with E-state index >= 15 is 0 Å². The molecule has 6 heteroatoms. The van der Waals surface area contributed by atoms with Crippen molar-refractivity contribution in [3.63, 3.8) is 0 Å². The highest BCUT2D eigenvalue weighted by Crippen LogP contribution is 2.15. The standard InChI is InChI=1S/C8H14BrNO4/c1-7(2,3)14-6(13)8(10,4-9)5(11)12/h4,10H2,1-3H3,(H,11,12)/t8-/m0/s1. The monoisotopic (exact) mass is 267 g/mol. The largest absolute Gasteiger partial charge is 0.479 e. The molecule has 0 fully saturated rings. The number of hydrogen-bond donors (Lipinski definition) is 2. The molecule has 0 aliphatic carbocycles. The number of carbonyl (C=O) groups is 2. The van der Waals surface area contributed by atoms with Crippen molar-refractivity contribution >= 4 is 27.9 Å². The first kappa shape index (κ1) is 13.4. The Kier molecular flexibility index (Phi) is 4.08. The van der Waals surface area contributed by atoms with Crippen LogP contribution in [0, 0.1) is 0 Å². The van der Waals surface area contributed by atoms with E-state index in [1.54, 1.807) is 20.8 Å². The van der Waals surface area contributed by atoms with Gasteiger partial charge in [-0.25, -0.2) is 9.59 Å². The second kappa shape index (κ2) is 4.27. The van der Waals surface area contributed by atoms with E-state index in [-0.39, 0.29) is 5.33 Å². The highest BCUT2D eigenvalue weighted by molar-refractivity contribution is 9.09. The van der Waals surface area contributed by atoms with Gasteiger partial charge >= 0.3 is 11.9 Å². The van der Waals surface area contributed by atoms with Crippen LogP contribution < -0.4 is 5.73 Å². The van der Waals surface area contributed by atoms with Gasteiger partial charge in [0.05, 0.1) is 0 Å². The highest BCUT2D eigenvalue weighted by Gasteiger charge is 2.44. The number of carboxylic acids is 1. The number of hydrogen-bond acceptors (Lipinski definition) is 4. The second-order valence-corrected chi connectivity index (χ2v) is 4.47. The summed E-state index contributed by atoms with van der Waals surface area (Å²) in [4.78, 5) is 22.1. The van der Waals surface area contributed by atoms with Gasteiger partial charge in [-0.15, -0.1) is 0 Å². The Morgan fingerprint density at radius 1 is 1.43 bits per heavy atom. The van der Waals surface area contributed by atoms with Crippen molar-refractivity contribution in [2.45, 2.75) is 31.9 Å². The molecule has 0 saturated carbocycles. The molecule has 0 aliphatic rings. The van der Waals surface area contributed by atoms with Gasteiger partial charge in [0.1, 0.15) is 5.60 Å². The summed E-state index contributed by atoms with van der Waals surface area (Å²) in [6, 6.07) is 0. The third-order valence-corrected chi connectivity index (χ3v) is 2.24. The van der Waals surface area contributed by atoms with Crippen LogP contribution in [0.1, 0.15) is 20.8 Å². The minimum Gasteiger partial charge on any atom is -0.479 e. The first-order valence-corrected chi connectivity index (χ1v) is 5.07. The molecule has 0 heterocycles. The van der Waals surface area contributed by atoms with Gasteiger partial charge in [0, 0.05) is 5.33 Å². The van der Waals surface area contributed by atoms with E-state index in [0.29, 0.717) is 0 Å². The van der Waals surface area contributed by atoms with E-state index in [4.69, 9.17) is 15.6 Å². The van der Waals surface area contributed by atoms with Crippen LogP contribution in [0.3, 0.4) is 0 Å². The maximum atomic E-state index is 11.4.